The molecule has 1 aliphatic heterocycles. The van der Waals surface area contributed by atoms with Crippen molar-refractivity contribution in [2.75, 3.05) is 11.9 Å². The number of nitrogens with one attached hydrogen (secondary N) is 1. The summed E-state index contributed by atoms with van der Waals surface area (Å²) in [7, 11) is 1.87. The molecular formula is C16H21N5O3. The van der Waals surface area contributed by atoms with Crippen LogP contribution in [-0.4, -0.2) is 38.0 Å². The van der Waals surface area contributed by atoms with E-state index in [1.54, 1.807) is 17.8 Å². The van der Waals surface area contributed by atoms with Crippen molar-refractivity contribution in [2.45, 2.75) is 39.7 Å². The molecule has 0 aromatic carbocycles. The second-order valence-corrected chi connectivity index (χ2v) is 5.92. The number of fused-ring (bicyclic) bond motifs is 1. The van der Waals surface area contributed by atoms with Crippen molar-refractivity contribution in [3.63, 3.8) is 0 Å². The second-order valence-electron chi connectivity index (χ2n) is 5.92. The molecule has 1 amide bonds. The van der Waals surface area contributed by atoms with E-state index in [9.17, 15) is 9.59 Å². The highest BCUT2D eigenvalue weighted by Crippen LogP contribution is 2.40. The third-order valence-electron chi connectivity index (χ3n) is 4.40. The number of rotatable bonds is 4. The highest BCUT2D eigenvalue weighted by Gasteiger charge is 2.34. The predicted molar refractivity (Wildman–Crippen MR) is 86.6 cm³/mol. The third kappa shape index (κ3) is 2.68. The molecule has 0 saturated heterocycles. The van der Waals surface area contributed by atoms with E-state index in [0.29, 0.717) is 18.8 Å². The Labute approximate surface area is 139 Å². The van der Waals surface area contributed by atoms with Gasteiger partial charge in [0.05, 0.1) is 18.5 Å². The fraction of sp³-hybridized carbons (Fsp3) is 0.500. The third-order valence-corrected chi connectivity index (χ3v) is 4.40. The number of carbonyl (C=O) groups is 2. The van der Waals surface area contributed by atoms with Crippen LogP contribution in [-0.2, 0) is 27.9 Å². The summed E-state index contributed by atoms with van der Waals surface area (Å²) in [5.41, 5.74) is 3.75. The van der Waals surface area contributed by atoms with Gasteiger partial charge in [0.25, 0.3) is 0 Å². The summed E-state index contributed by atoms with van der Waals surface area (Å²) < 4.78 is 8.28. The Morgan fingerprint density at radius 2 is 2.21 bits per heavy atom. The molecule has 24 heavy (non-hydrogen) atoms. The predicted octanol–water partition coefficient (Wildman–Crippen LogP) is 1.27. The van der Waals surface area contributed by atoms with Crippen molar-refractivity contribution >= 4 is 17.7 Å². The monoisotopic (exact) mass is 331 g/mol. The standard InChI is InChI=1S/C16H21N5O3/c1-5-24-14(23)8-21-16-15(9(2)19-21)11(6-13(22)18-16)12-7-17-20(4)10(12)3/h7,11H,5-6,8H2,1-4H3,(H,18,22)/t11-/m1/s1. The number of ether oxygens (including phenoxy) is 1. The van der Waals surface area contributed by atoms with E-state index < -0.39 is 0 Å². The summed E-state index contributed by atoms with van der Waals surface area (Å²) in [6.45, 7) is 5.91. The van der Waals surface area contributed by atoms with Gasteiger partial charge in [0.2, 0.25) is 5.91 Å². The number of amides is 1. The van der Waals surface area contributed by atoms with Gasteiger partial charge in [-0.25, -0.2) is 4.68 Å². The SMILES string of the molecule is CCOC(=O)Cn1nc(C)c2c1NC(=O)C[C@@H]2c1cnn(C)c1C. The summed E-state index contributed by atoms with van der Waals surface area (Å²) in [6.07, 6.45) is 2.13. The van der Waals surface area contributed by atoms with E-state index in [0.717, 1.165) is 22.5 Å². The summed E-state index contributed by atoms with van der Waals surface area (Å²) in [4.78, 5) is 24.0. The van der Waals surface area contributed by atoms with Gasteiger partial charge in [-0.3, -0.25) is 14.3 Å². The molecule has 8 nitrogen and oxygen atoms in total. The fourth-order valence-electron chi connectivity index (χ4n) is 3.18. The first-order valence-corrected chi connectivity index (χ1v) is 7.93. The van der Waals surface area contributed by atoms with Crippen LogP contribution in [0, 0.1) is 13.8 Å². The summed E-state index contributed by atoms with van der Waals surface area (Å²) in [6, 6.07) is 0. The molecule has 0 radical (unpaired) electrons. The van der Waals surface area contributed by atoms with Crippen molar-refractivity contribution in [3.8, 4) is 0 Å². The fourth-order valence-corrected chi connectivity index (χ4v) is 3.18. The minimum absolute atomic E-state index is 0.0248. The lowest BCUT2D eigenvalue weighted by molar-refractivity contribution is -0.144. The Hall–Kier alpha value is -2.64. The molecule has 0 aliphatic carbocycles. The van der Waals surface area contributed by atoms with E-state index in [1.165, 1.54) is 4.68 Å². The maximum atomic E-state index is 12.2. The van der Waals surface area contributed by atoms with Crippen molar-refractivity contribution in [1.82, 2.24) is 19.6 Å². The molecule has 1 atom stereocenters. The number of esters is 1. The average Bonchev–Trinajstić information content (AvgIpc) is 3.00. The van der Waals surface area contributed by atoms with Gasteiger partial charge in [-0.05, 0) is 20.8 Å². The number of aromatic nitrogens is 4. The molecule has 2 aromatic heterocycles. The maximum absolute atomic E-state index is 12.2. The number of aryl methyl sites for hydroxylation is 2. The average molecular weight is 331 g/mol. The van der Waals surface area contributed by atoms with Gasteiger partial charge in [0.15, 0.2) is 0 Å². The van der Waals surface area contributed by atoms with E-state index >= 15 is 0 Å². The van der Waals surface area contributed by atoms with E-state index in [2.05, 4.69) is 15.5 Å². The van der Waals surface area contributed by atoms with Gasteiger partial charge in [-0.2, -0.15) is 10.2 Å². The van der Waals surface area contributed by atoms with Crippen molar-refractivity contribution < 1.29 is 14.3 Å². The lowest BCUT2D eigenvalue weighted by atomic mass is 9.86. The molecule has 8 heteroatoms. The first kappa shape index (κ1) is 16.2. The molecule has 0 fully saturated rings. The zero-order valence-corrected chi connectivity index (χ0v) is 14.3. The Kier molecular flexibility index (Phi) is 4.13. The van der Waals surface area contributed by atoms with Crippen molar-refractivity contribution in [2.24, 2.45) is 7.05 Å². The van der Waals surface area contributed by atoms with Crippen LogP contribution in [0.4, 0.5) is 5.82 Å². The largest absolute Gasteiger partial charge is 0.465 e. The molecule has 0 unspecified atom stereocenters. The number of anilines is 1. The molecule has 3 rings (SSSR count). The topological polar surface area (TPSA) is 91.0 Å². The highest BCUT2D eigenvalue weighted by molar-refractivity contribution is 5.95. The molecule has 3 heterocycles. The molecule has 1 N–H and O–H groups in total. The van der Waals surface area contributed by atoms with Gasteiger partial charge in [0.1, 0.15) is 12.4 Å². The van der Waals surface area contributed by atoms with Crippen LogP contribution < -0.4 is 5.32 Å². The Morgan fingerprint density at radius 1 is 1.46 bits per heavy atom. The lowest BCUT2D eigenvalue weighted by Gasteiger charge is -2.24. The summed E-state index contributed by atoms with van der Waals surface area (Å²) in [5, 5.41) is 11.6. The van der Waals surface area contributed by atoms with Crippen LogP contribution in [0.1, 0.15) is 41.8 Å². The normalized spacial score (nSPS) is 16.7. The summed E-state index contributed by atoms with van der Waals surface area (Å²) in [5.74, 6) is -0.0130. The number of nitrogens with zero attached hydrogens (tertiary/aromatic N) is 4. The van der Waals surface area contributed by atoms with Crippen LogP contribution in [0.2, 0.25) is 0 Å². The van der Waals surface area contributed by atoms with Gasteiger partial charge in [-0.15, -0.1) is 0 Å². The van der Waals surface area contributed by atoms with Crippen LogP contribution in [0.5, 0.6) is 0 Å². The van der Waals surface area contributed by atoms with Crippen molar-refractivity contribution in [1.29, 1.82) is 0 Å². The maximum Gasteiger partial charge on any atom is 0.327 e. The molecule has 0 saturated carbocycles. The van der Waals surface area contributed by atoms with E-state index in [-0.39, 0.29) is 24.3 Å². The van der Waals surface area contributed by atoms with E-state index in [4.69, 9.17) is 4.74 Å². The molecule has 0 spiro atoms. The van der Waals surface area contributed by atoms with E-state index in [1.807, 2.05) is 20.9 Å². The summed E-state index contributed by atoms with van der Waals surface area (Å²) >= 11 is 0. The number of hydrogen-bond acceptors (Lipinski definition) is 5. The molecular weight excluding hydrogens is 310 g/mol. The number of carbonyl (C=O) groups excluding carboxylic acids is 2. The Morgan fingerprint density at radius 3 is 2.83 bits per heavy atom. The minimum Gasteiger partial charge on any atom is -0.465 e. The highest BCUT2D eigenvalue weighted by atomic mass is 16.5. The molecule has 128 valence electrons. The van der Waals surface area contributed by atoms with Crippen molar-refractivity contribution in [3.05, 3.63) is 28.7 Å². The van der Waals surface area contributed by atoms with Gasteiger partial charge in [0, 0.05) is 36.2 Å². The lowest BCUT2D eigenvalue weighted by Crippen LogP contribution is -2.26. The van der Waals surface area contributed by atoms with Gasteiger partial charge >= 0.3 is 5.97 Å². The quantitative estimate of drug-likeness (QED) is 0.852. The van der Waals surface area contributed by atoms with Gasteiger partial charge < -0.3 is 10.1 Å². The number of hydrogen-bond donors (Lipinski definition) is 1. The van der Waals surface area contributed by atoms with Crippen LogP contribution in [0.3, 0.4) is 0 Å². The zero-order chi connectivity index (χ0) is 17.4. The first-order valence-electron chi connectivity index (χ1n) is 7.93. The minimum atomic E-state index is -0.378. The molecule has 1 aliphatic rings. The molecule has 0 bridgehead atoms. The van der Waals surface area contributed by atoms with Crippen LogP contribution in [0.15, 0.2) is 6.20 Å². The zero-order valence-electron chi connectivity index (χ0n) is 14.3. The van der Waals surface area contributed by atoms with Gasteiger partial charge in [-0.1, -0.05) is 0 Å². The van der Waals surface area contributed by atoms with Crippen LogP contribution >= 0.6 is 0 Å². The first-order chi connectivity index (χ1) is 11.4. The van der Waals surface area contributed by atoms with Crippen LogP contribution in [0.25, 0.3) is 0 Å². The Bertz CT molecular complexity index is 805. The smallest absolute Gasteiger partial charge is 0.327 e. The Balaban J connectivity index is 2.04. The molecule has 2 aromatic rings. The second kappa shape index (κ2) is 6.10.